The lowest BCUT2D eigenvalue weighted by molar-refractivity contribution is 0.242. The maximum atomic E-state index is 12.2. The summed E-state index contributed by atoms with van der Waals surface area (Å²) in [6.07, 6.45) is 1.70. The van der Waals surface area contributed by atoms with Crippen LogP contribution in [-0.2, 0) is 16.3 Å². The van der Waals surface area contributed by atoms with E-state index in [2.05, 4.69) is 0 Å². The molecule has 0 amide bonds. The Labute approximate surface area is 131 Å². The second-order valence-electron chi connectivity index (χ2n) is 5.94. The molecule has 0 atom stereocenters. The number of fused-ring (bicyclic) bond motifs is 1. The van der Waals surface area contributed by atoms with Crippen LogP contribution in [0.1, 0.15) is 25.8 Å². The Morgan fingerprint density at radius 3 is 2.36 bits per heavy atom. The average Bonchev–Trinajstić information content (AvgIpc) is 2.47. The van der Waals surface area contributed by atoms with Gasteiger partial charge in [-0.15, -0.1) is 0 Å². The smallest absolute Gasteiger partial charge is 0.178 e. The molecule has 0 fully saturated rings. The predicted octanol–water partition coefficient (Wildman–Crippen LogP) is 3.86. The van der Waals surface area contributed by atoms with Crippen LogP contribution in [0, 0.1) is 0 Å². The maximum Gasteiger partial charge on any atom is 0.178 e. The highest BCUT2D eigenvalue weighted by Crippen LogP contribution is 2.31. The molecule has 0 spiro atoms. The van der Waals surface area contributed by atoms with E-state index >= 15 is 0 Å². The van der Waals surface area contributed by atoms with E-state index in [9.17, 15) is 8.42 Å². The van der Waals surface area contributed by atoms with E-state index in [1.807, 2.05) is 56.3 Å². The monoisotopic (exact) mass is 316 g/mol. The first-order valence-electron chi connectivity index (χ1n) is 7.58. The molecule has 0 saturated heterocycles. The lowest BCUT2D eigenvalue weighted by Gasteiger charge is -2.17. The minimum atomic E-state index is -3.12. The molecule has 22 heavy (non-hydrogen) atoms. The van der Waals surface area contributed by atoms with E-state index in [-0.39, 0.29) is 11.9 Å². The molecule has 1 aliphatic rings. The molecule has 2 aromatic carbocycles. The molecule has 2 aromatic rings. The van der Waals surface area contributed by atoms with Crippen molar-refractivity contribution < 1.29 is 13.2 Å². The lowest BCUT2D eigenvalue weighted by atomic mass is 10.0. The second-order valence-corrected chi connectivity index (χ2v) is 8.01. The molecule has 3 nitrogen and oxygen atoms in total. The van der Waals surface area contributed by atoms with Crippen LogP contribution >= 0.6 is 0 Å². The summed E-state index contributed by atoms with van der Waals surface area (Å²) < 4.78 is 30.1. The summed E-state index contributed by atoms with van der Waals surface area (Å²) in [5.74, 6) is 1.08. The molecule has 0 radical (unpaired) electrons. The first-order valence-corrected chi connectivity index (χ1v) is 9.24. The highest BCUT2D eigenvalue weighted by atomic mass is 32.2. The molecule has 0 bridgehead atoms. The SMILES string of the molecule is CC(C)Oc1ccc(-c2ccc3c(c2)S(=O)(=O)CCC3)cc1. The normalized spacial score (nSPS) is 16.3. The Balaban J connectivity index is 1.96. The van der Waals surface area contributed by atoms with Gasteiger partial charge in [0.1, 0.15) is 5.75 Å². The second kappa shape index (κ2) is 5.76. The molecule has 0 aliphatic carbocycles. The van der Waals surface area contributed by atoms with E-state index < -0.39 is 9.84 Å². The predicted molar refractivity (Wildman–Crippen MR) is 88.0 cm³/mol. The summed E-state index contributed by atoms with van der Waals surface area (Å²) in [7, 11) is -3.12. The fourth-order valence-corrected chi connectivity index (χ4v) is 4.41. The fourth-order valence-electron chi connectivity index (χ4n) is 2.79. The van der Waals surface area contributed by atoms with E-state index in [0.29, 0.717) is 4.90 Å². The van der Waals surface area contributed by atoms with Crippen molar-refractivity contribution in [2.24, 2.45) is 0 Å². The summed E-state index contributed by atoms with van der Waals surface area (Å²) in [4.78, 5) is 0.499. The number of ether oxygens (including phenoxy) is 1. The van der Waals surface area contributed by atoms with Crippen molar-refractivity contribution in [1.82, 2.24) is 0 Å². The van der Waals surface area contributed by atoms with Crippen molar-refractivity contribution in [2.75, 3.05) is 5.75 Å². The van der Waals surface area contributed by atoms with Crippen molar-refractivity contribution >= 4 is 9.84 Å². The highest BCUT2D eigenvalue weighted by Gasteiger charge is 2.23. The molecule has 116 valence electrons. The van der Waals surface area contributed by atoms with E-state index in [1.54, 1.807) is 0 Å². The van der Waals surface area contributed by atoms with Crippen LogP contribution in [0.4, 0.5) is 0 Å². The Morgan fingerprint density at radius 2 is 1.68 bits per heavy atom. The molecule has 0 N–H and O–H groups in total. The Hall–Kier alpha value is -1.81. The molecule has 4 heteroatoms. The third kappa shape index (κ3) is 3.02. The Kier molecular flexibility index (Phi) is 3.96. The van der Waals surface area contributed by atoms with Crippen LogP contribution < -0.4 is 4.74 Å². The molecular formula is C18H20O3S. The summed E-state index contributed by atoms with van der Waals surface area (Å²) in [5, 5.41) is 0. The third-order valence-electron chi connectivity index (χ3n) is 3.82. The topological polar surface area (TPSA) is 43.4 Å². The van der Waals surface area contributed by atoms with Gasteiger partial charge in [-0.05, 0) is 61.6 Å². The Morgan fingerprint density at radius 1 is 1.00 bits per heavy atom. The van der Waals surface area contributed by atoms with Gasteiger partial charge >= 0.3 is 0 Å². The quantitative estimate of drug-likeness (QED) is 0.863. The van der Waals surface area contributed by atoms with Gasteiger partial charge in [0.2, 0.25) is 0 Å². The standard InChI is InChI=1S/C18H20O3S/c1-13(2)21-17-9-7-14(8-10-17)16-6-5-15-4-3-11-22(19,20)18(15)12-16/h5-10,12-13H,3-4,11H2,1-2H3. The highest BCUT2D eigenvalue weighted by molar-refractivity contribution is 7.91. The van der Waals surface area contributed by atoms with Gasteiger partial charge < -0.3 is 4.74 Å². The Bertz CT molecular complexity index is 774. The molecule has 0 unspecified atom stereocenters. The van der Waals surface area contributed by atoms with Gasteiger partial charge in [-0.1, -0.05) is 24.3 Å². The minimum Gasteiger partial charge on any atom is -0.491 e. The van der Waals surface area contributed by atoms with Gasteiger partial charge in [-0.3, -0.25) is 0 Å². The third-order valence-corrected chi connectivity index (χ3v) is 5.70. The fraction of sp³-hybridized carbons (Fsp3) is 0.333. The van der Waals surface area contributed by atoms with Gasteiger partial charge in [0, 0.05) is 0 Å². The van der Waals surface area contributed by atoms with E-state index in [0.717, 1.165) is 35.3 Å². The van der Waals surface area contributed by atoms with Crippen LogP contribution in [0.5, 0.6) is 5.75 Å². The first kappa shape index (κ1) is 15.1. The summed E-state index contributed by atoms with van der Waals surface area (Å²) in [5.41, 5.74) is 2.87. The number of hydrogen-bond donors (Lipinski definition) is 0. The zero-order chi connectivity index (χ0) is 15.7. The molecule has 1 aliphatic heterocycles. The van der Waals surface area contributed by atoms with Crippen LogP contribution in [0.15, 0.2) is 47.4 Å². The molecular weight excluding hydrogens is 296 g/mol. The zero-order valence-corrected chi connectivity index (χ0v) is 13.7. The van der Waals surface area contributed by atoms with Crippen LogP contribution in [-0.4, -0.2) is 20.3 Å². The van der Waals surface area contributed by atoms with Crippen molar-refractivity contribution in [3.05, 3.63) is 48.0 Å². The van der Waals surface area contributed by atoms with Crippen molar-refractivity contribution in [2.45, 2.75) is 37.7 Å². The average molecular weight is 316 g/mol. The van der Waals surface area contributed by atoms with Crippen molar-refractivity contribution in [1.29, 1.82) is 0 Å². The maximum absolute atomic E-state index is 12.2. The number of sulfone groups is 1. The number of aryl methyl sites for hydroxylation is 1. The number of benzene rings is 2. The lowest BCUT2D eigenvalue weighted by Crippen LogP contribution is -2.16. The van der Waals surface area contributed by atoms with Crippen LogP contribution in [0.2, 0.25) is 0 Å². The van der Waals surface area contributed by atoms with Crippen LogP contribution in [0.3, 0.4) is 0 Å². The number of hydrogen-bond acceptors (Lipinski definition) is 3. The van der Waals surface area contributed by atoms with E-state index in [4.69, 9.17) is 4.74 Å². The molecule has 0 saturated carbocycles. The van der Waals surface area contributed by atoms with Crippen molar-refractivity contribution in [3.8, 4) is 16.9 Å². The van der Waals surface area contributed by atoms with E-state index in [1.165, 1.54) is 0 Å². The molecule has 3 rings (SSSR count). The largest absolute Gasteiger partial charge is 0.491 e. The van der Waals surface area contributed by atoms with Gasteiger partial charge in [0.05, 0.1) is 16.8 Å². The van der Waals surface area contributed by atoms with Gasteiger partial charge in [-0.25, -0.2) is 8.42 Å². The summed E-state index contributed by atoms with van der Waals surface area (Å²) >= 11 is 0. The van der Waals surface area contributed by atoms with Crippen molar-refractivity contribution in [3.63, 3.8) is 0 Å². The minimum absolute atomic E-state index is 0.139. The molecule has 1 heterocycles. The summed E-state index contributed by atoms with van der Waals surface area (Å²) in [6.45, 7) is 3.98. The first-order chi connectivity index (χ1) is 10.5. The van der Waals surface area contributed by atoms with Gasteiger partial charge in [0.25, 0.3) is 0 Å². The van der Waals surface area contributed by atoms with Gasteiger partial charge in [-0.2, -0.15) is 0 Å². The summed E-state index contributed by atoms with van der Waals surface area (Å²) in [6, 6.07) is 13.5. The number of rotatable bonds is 3. The van der Waals surface area contributed by atoms with Crippen LogP contribution in [0.25, 0.3) is 11.1 Å². The van der Waals surface area contributed by atoms with Gasteiger partial charge in [0.15, 0.2) is 9.84 Å². The molecule has 0 aromatic heterocycles. The zero-order valence-electron chi connectivity index (χ0n) is 12.9.